The van der Waals surface area contributed by atoms with E-state index in [1.54, 1.807) is 24.3 Å². The number of carboxylic acid groups (broad SMARTS) is 1. The number of carboxylic acids is 1. The molecule has 2 N–H and O–H groups in total. The number of aromatic carboxylic acids is 1. The Kier molecular flexibility index (Phi) is 5.16. The number of benzene rings is 2. The lowest BCUT2D eigenvalue weighted by atomic mass is 10.0. The van der Waals surface area contributed by atoms with E-state index in [9.17, 15) is 23.5 Å². The quantitative estimate of drug-likeness (QED) is 0.606. The second-order valence-corrected chi connectivity index (χ2v) is 7.92. The van der Waals surface area contributed by atoms with Crippen LogP contribution in [0.25, 0.3) is 11.0 Å². The van der Waals surface area contributed by atoms with Crippen LogP contribution in [0.1, 0.15) is 40.9 Å². The minimum Gasteiger partial charge on any atom is -0.478 e. The van der Waals surface area contributed by atoms with Crippen LogP contribution in [-0.2, 0) is 0 Å². The maximum atomic E-state index is 13.7. The van der Waals surface area contributed by atoms with Gasteiger partial charge in [-0.2, -0.15) is 0 Å². The highest BCUT2D eigenvalue weighted by Gasteiger charge is 2.39. The summed E-state index contributed by atoms with van der Waals surface area (Å²) in [5.41, 5.74) is 2.00. The zero-order valence-corrected chi connectivity index (χ0v) is 17.1. The summed E-state index contributed by atoms with van der Waals surface area (Å²) in [5.74, 6) is -3.77. The van der Waals surface area contributed by atoms with E-state index in [4.69, 9.17) is 4.42 Å². The van der Waals surface area contributed by atoms with Gasteiger partial charge in [-0.25, -0.2) is 13.6 Å². The van der Waals surface area contributed by atoms with Crippen LogP contribution in [-0.4, -0.2) is 30.1 Å². The smallest absolute Gasteiger partial charge is 0.337 e. The number of aryl methyl sites for hydroxylation is 1. The maximum absolute atomic E-state index is 13.7. The van der Waals surface area contributed by atoms with Crippen LogP contribution < -0.4 is 15.6 Å². The number of hydrogen-bond donors (Lipinski definition) is 2. The van der Waals surface area contributed by atoms with Gasteiger partial charge in [0.15, 0.2) is 11.3 Å². The van der Waals surface area contributed by atoms with Crippen LogP contribution in [0.5, 0.6) is 0 Å². The molecule has 0 bridgehead atoms. The standard InChI is InChI=1S/C23H22F2N2O4/c1-13-9-16(14(2)26-18-6-4-3-5-15(18)22(29)30)21-17(10-13)19(28)11-20(31-21)27-8-7-23(24,25)12-27/h3-6,9-11,14,26H,7-8,12H2,1-2H3,(H,29,30). The highest BCUT2D eigenvalue weighted by molar-refractivity contribution is 5.94. The van der Waals surface area contributed by atoms with Crippen LogP contribution in [0.15, 0.2) is 51.7 Å². The average Bonchev–Trinajstić information content (AvgIpc) is 3.08. The van der Waals surface area contributed by atoms with E-state index in [2.05, 4.69) is 5.32 Å². The molecule has 1 fully saturated rings. The molecule has 1 atom stereocenters. The zero-order valence-electron chi connectivity index (χ0n) is 17.1. The van der Waals surface area contributed by atoms with Gasteiger partial charge in [-0.1, -0.05) is 18.2 Å². The highest BCUT2D eigenvalue weighted by Crippen LogP contribution is 2.34. The van der Waals surface area contributed by atoms with Crippen LogP contribution in [0.2, 0.25) is 0 Å². The fourth-order valence-electron chi connectivity index (χ4n) is 3.93. The molecule has 0 amide bonds. The summed E-state index contributed by atoms with van der Waals surface area (Å²) in [7, 11) is 0. The topological polar surface area (TPSA) is 82.8 Å². The number of anilines is 2. The van der Waals surface area contributed by atoms with Gasteiger partial charge in [-0.3, -0.25) is 4.79 Å². The molecular weight excluding hydrogens is 406 g/mol. The van der Waals surface area contributed by atoms with Crippen LogP contribution >= 0.6 is 0 Å². The molecule has 0 saturated carbocycles. The first kappa shape index (κ1) is 20.8. The molecule has 0 radical (unpaired) electrons. The molecule has 0 aliphatic carbocycles. The SMILES string of the molecule is Cc1cc(C(C)Nc2ccccc2C(=O)O)c2oc(N3CCC(F)(F)C3)cc(=O)c2c1. The first-order valence-corrected chi connectivity index (χ1v) is 9.95. The third-order valence-electron chi connectivity index (χ3n) is 5.47. The summed E-state index contributed by atoms with van der Waals surface area (Å²) in [6.45, 7) is 3.27. The number of carbonyl (C=O) groups is 1. The minimum atomic E-state index is -2.82. The van der Waals surface area contributed by atoms with Crippen LogP contribution in [0.3, 0.4) is 0 Å². The number of para-hydroxylation sites is 1. The molecule has 8 heteroatoms. The summed E-state index contributed by atoms with van der Waals surface area (Å²) >= 11 is 0. The van der Waals surface area contributed by atoms with Crippen LogP contribution in [0.4, 0.5) is 20.4 Å². The number of fused-ring (bicyclic) bond motifs is 1. The predicted molar refractivity (Wildman–Crippen MR) is 114 cm³/mol. The van der Waals surface area contributed by atoms with Crippen molar-refractivity contribution in [2.75, 3.05) is 23.3 Å². The third kappa shape index (κ3) is 4.10. The van der Waals surface area contributed by atoms with Crippen LogP contribution in [0, 0.1) is 6.92 Å². The second kappa shape index (κ2) is 7.68. The molecule has 4 rings (SSSR count). The van der Waals surface area contributed by atoms with Crippen molar-refractivity contribution < 1.29 is 23.1 Å². The molecular formula is C23H22F2N2O4. The fraction of sp³-hybridized carbons (Fsp3) is 0.304. The fourth-order valence-corrected chi connectivity index (χ4v) is 3.93. The lowest BCUT2D eigenvalue weighted by Gasteiger charge is -2.21. The first-order valence-electron chi connectivity index (χ1n) is 9.95. The normalized spacial score (nSPS) is 16.5. The van der Waals surface area contributed by atoms with Crippen molar-refractivity contribution in [3.05, 3.63) is 69.4 Å². The van der Waals surface area contributed by atoms with Gasteiger partial charge < -0.3 is 19.7 Å². The minimum absolute atomic E-state index is 0.0996. The molecule has 1 saturated heterocycles. The Hall–Kier alpha value is -3.42. The number of alkyl halides is 2. The lowest BCUT2D eigenvalue weighted by Crippen LogP contribution is -2.25. The Morgan fingerprint density at radius 3 is 2.68 bits per heavy atom. The van der Waals surface area contributed by atoms with E-state index < -0.39 is 24.5 Å². The Bertz CT molecular complexity index is 1220. The second-order valence-electron chi connectivity index (χ2n) is 7.92. The molecule has 1 aliphatic heterocycles. The average molecular weight is 428 g/mol. The molecule has 6 nitrogen and oxygen atoms in total. The number of nitrogens with one attached hydrogen (secondary N) is 1. The van der Waals surface area contributed by atoms with Crippen molar-refractivity contribution in [2.45, 2.75) is 32.2 Å². The maximum Gasteiger partial charge on any atom is 0.337 e. The lowest BCUT2D eigenvalue weighted by molar-refractivity contribution is 0.0255. The monoisotopic (exact) mass is 428 g/mol. The largest absolute Gasteiger partial charge is 0.478 e. The highest BCUT2D eigenvalue weighted by atomic mass is 19.3. The Morgan fingerprint density at radius 2 is 2.00 bits per heavy atom. The van der Waals surface area contributed by atoms with E-state index in [1.807, 2.05) is 19.9 Å². The van der Waals surface area contributed by atoms with Crippen molar-refractivity contribution in [1.29, 1.82) is 0 Å². The van der Waals surface area contributed by atoms with Gasteiger partial charge in [0, 0.05) is 30.3 Å². The molecule has 1 aromatic heterocycles. The van der Waals surface area contributed by atoms with Crippen molar-refractivity contribution >= 4 is 28.5 Å². The molecule has 2 heterocycles. The summed E-state index contributed by atoms with van der Waals surface area (Å²) < 4.78 is 33.3. The van der Waals surface area contributed by atoms with E-state index in [0.29, 0.717) is 22.2 Å². The van der Waals surface area contributed by atoms with Gasteiger partial charge in [-0.15, -0.1) is 0 Å². The van der Waals surface area contributed by atoms with Crippen molar-refractivity contribution in [3.8, 4) is 0 Å². The van der Waals surface area contributed by atoms with Gasteiger partial charge in [0.05, 0.1) is 23.5 Å². The molecule has 162 valence electrons. The van der Waals surface area contributed by atoms with Crippen molar-refractivity contribution in [1.82, 2.24) is 0 Å². The van der Waals surface area contributed by atoms with Gasteiger partial charge in [0.25, 0.3) is 5.92 Å². The van der Waals surface area contributed by atoms with E-state index in [1.165, 1.54) is 17.0 Å². The number of nitrogens with zero attached hydrogens (tertiary/aromatic N) is 1. The Labute approximate surface area is 177 Å². The summed E-state index contributed by atoms with van der Waals surface area (Å²) in [6, 6.07) is 10.9. The number of hydrogen-bond acceptors (Lipinski definition) is 5. The van der Waals surface area contributed by atoms with E-state index >= 15 is 0 Å². The molecule has 2 aromatic carbocycles. The van der Waals surface area contributed by atoms with Gasteiger partial charge in [0.1, 0.15) is 5.58 Å². The summed E-state index contributed by atoms with van der Waals surface area (Å²) in [4.78, 5) is 25.7. The van der Waals surface area contributed by atoms with E-state index in [-0.39, 0.29) is 29.8 Å². The zero-order chi connectivity index (χ0) is 22.3. The first-order chi connectivity index (χ1) is 14.6. The predicted octanol–water partition coefficient (Wildman–Crippen LogP) is 4.82. The molecule has 3 aromatic rings. The number of halogens is 2. The molecule has 31 heavy (non-hydrogen) atoms. The Morgan fingerprint density at radius 1 is 1.26 bits per heavy atom. The van der Waals surface area contributed by atoms with Crippen molar-refractivity contribution in [2.24, 2.45) is 0 Å². The molecule has 1 unspecified atom stereocenters. The van der Waals surface area contributed by atoms with Gasteiger partial charge in [0.2, 0.25) is 0 Å². The molecule has 1 aliphatic rings. The summed E-state index contributed by atoms with van der Waals surface area (Å²) in [5, 5.41) is 13.0. The van der Waals surface area contributed by atoms with Gasteiger partial charge in [-0.05, 0) is 37.6 Å². The third-order valence-corrected chi connectivity index (χ3v) is 5.47. The number of rotatable bonds is 5. The van der Waals surface area contributed by atoms with Crippen molar-refractivity contribution in [3.63, 3.8) is 0 Å². The van der Waals surface area contributed by atoms with Gasteiger partial charge >= 0.3 is 5.97 Å². The Balaban J connectivity index is 1.78. The summed E-state index contributed by atoms with van der Waals surface area (Å²) in [6.07, 6.45) is -0.292. The van der Waals surface area contributed by atoms with E-state index in [0.717, 1.165) is 5.56 Å². The molecule has 0 spiro atoms.